The molecule has 2 fully saturated rings. The number of likely N-dealkylation sites (tertiary alicyclic amines) is 2. The van der Waals surface area contributed by atoms with Gasteiger partial charge in [-0.15, -0.1) is 0 Å². The standard InChI is InChI=1S/C18H35N5O/c1-5-17(24)22-11-9-16(13-22)21-18(19-4)20-12-15(3)23-10-7-6-8-14(23)2/h14-16H,5-13H2,1-4H3,(H2,19,20,21). The second-order valence-corrected chi connectivity index (χ2v) is 7.21. The molecule has 2 saturated heterocycles. The molecule has 0 radical (unpaired) electrons. The van der Waals surface area contributed by atoms with E-state index in [-0.39, 0.29) is 5.91 Å². The third-order valence-electron chi connectivity index (χ3n) is 5.39. The lowest BCUT2D eigenvalue weighted by Gasteiger charge is -2.38. The molecule has 138 valence electrons. The Morgan fingerprint density at radius 2 is 2.08 bits per heavy atom. The molecule has 2 aliphatic rings. The first-order chi connectivity index (χ1) is 11.5. The minimum Gasteiger partial charge on any atom is -0.355 e. The van der Waals surface area contributed by atoms with E-state index in [4.69, 9.17) is 0 Å². The highest BCUT2D eigenvalue weighted by Gasteiger charge is 2.26. The van der Waals surface area contributed by atoms with E-state index in [0.717, 1.165) is 32.0 Å². The van der Waals surface area contributed by atoms with Gasteiger partial charge in [0, 0.05) is 51.2 Å². The van der Waals surface area contributed by atoms with Gasteiger partial charge in [-0.2, -0.15) is 0 Å². The summed E-state index contributed by atoms with van der Waals surface area (Å²) < 4.78 is 0. The Hall–Kier alpha value is -1.30. The number of nitrogens with one attached hydrogen (secondary N) is 2. The van der Waals surface area contributed by atoms with E-state index in [1.54, 1.807) is 0 Å². The summed E-state index contributed by atoms with van der Waals surface area (Å²) >= 11 is 0. The summed E-state index contributed by atoms with van der Waals surface area (Å²) in [4.78, 5) is 20.7. The van der Waals surface area contributed by atoms with E-state index in [2.05, 4.69) is 34.4 Å². The van der Waals surface area contributed by atoms with Gasteiger partial charge in [0.25, 0.3) is 0 Å². The molecule has 6 nitrogen and oxygen atoms in total. The van der Waals surface area contributed by atoms with Crippen molar-refractivity contribution < 1.29 is 4.79 Å². The summed E-state index contributed by atoms with van der Waals surface area (Å²) in [7, 11) is 1.81. The van der Waals surface area contributed by atoms with Crippen LogP contribution in [0.5, 0.6) is 0 Å². The van der Waals surface area contributed by atoms with Crippen LogP contribution in [0.1, 0.15) is 52.9 Å². The van der Waals surface area contributed by atoms with Gasteiger partial charge >= 0.3 is 0 Å². The number of amides is 1. The number of carbonyl (C=O) groups excluding carboxylic acids is 1. The zero-order valence-electron chi connectivity index (χ0n) is 15.8. The topological polar surface area (TPSA) is 60.0 Å². The minimum atomic E-state index is 0.245. The minimum absolute atomic E-state index is 0.245. The summed E-state index contributed by atoms with van der Waals surface area (Å²) in [6, 6.07) is 1.48. The highest BCUT2D eigenvalue weighted by molar-refractivity contribution is 5.80. The fraction of sp³-hybridized carbons (Fsp3) is 0.889. The summed E-state index contributed by atoms with van der Waals surface area (Å²) in [5.41, 5.74) is 0. The van der Waals surface area contributed by atoms with Crippen LogP contribution < -0.4 is 10.6 Å². The Morgan fingerprint density at radius 3 is 2.75 bits per heavy atom. The SMILES string of the molecule is CCC(=O)N1CCC(NC(=NC)NCC(C)N2CCCCC2C)C1. The van der Waals surface area contributed by atoms with Crippen LogP contribution in [0.2, 0.25) is 0 Å². The monoisotopic (exact) mass is 337 g/mol. The van der Waals surface area contributed by atoms with Gasteiger partial charge in [0.15, 0.2) is 5.96 Å². The molecule has 0 bridgehead atoms. The van der Waals surface area contributed by atoms with Gasteiger partial charge in [0.2, 0.25) is 5.91 Å². The highest BCUT2D eigenvalue weighted by atomic mass is 16.2. The molecule has 0 saturated carbocycles. The molecular weight excluding hydrogens is 302 g/mol. The number of piperidine rings is 1. The fourth-order valence-electron chi connectivity index (χ4n) is 3.85. The highest BCUT2D eigenvalue weighted by Crippen LogP contribution is 2.18. The van der Waals surface area contributed by atoms with E-state index < -0.39 is 0 Å². The van der Waals surface area contributed by atoms with Crippen LogP contribution in [-0.2, 0) is 4.79 Å². The number of rotatable bonds is 5. The molecule has 6 heteroatoms. The summed E-state index contributed by atoms with van der Waals surface area (Å²) in [6.45, 7) is 10.3. The normalized spacial score (nSPS) is 27.2. The van der Waals surface area contributed by atoms with Crippen molar-refractivity contribution in [1.82, 2.24) is 20.4 Å². The van der Waals surface area contributed by atoms with Crippen LogP contribution >= 0.6 is 0 Å². The Balaban J connectivity index is 1.75. The van der Waals surface area contributed by atoms with E-state index in [1.807, 2.05) is 18.9 Å². The molecule has 0 spiro atoms. The largest absolute Gasteiger partial charge is 0.355 e. The molecule has 3 unspecified atom stereocenters. The maximum atomic E-state index is 11.8. The Bertz CT molecular complexity index is 439. The summed E-state index contributed by atoms with van der Waals surface area (Å²) in [5, 5.41) is 6.94. The third-order valence-corrected chi connectivity index (χ3v) is 5.39. The Kier molecular flexibility index (Phi) is 7.34. The lowest BCUT2D eigenvalue weighted by molar-refractivity contribution is -0.129. The van der Waals surface area contributed by atoms with E-state index in [9.17, 15) is 4.79 Å². The van der Waals surface area contributed by atoms with Gasteiger partial charge in [-0.1, -0.05) is 13.3 Å². The maximum absolute atomic E-state index is 11.8. The van der Waals surface area contributed by atoms with E-state index in [1.165, 1.54) is 25.8 Å². The number of nitrogens with zero attached hydrogens (tertiary/aromatic N) is 3. The number of carbonyl (C=O) groups is 1. The van der Waals surface area contributed by atoms with Crippen molar-refractivity contribution in [2.24, 2.45) is 4.99 Å². The number of guanidine groups is 1. The van der Waals surface area contributed by atoms with Crippen LogP contribution in [-0.4, -0.2) is 73.0 Å². The average Bonchev–Trinajstić information content (AvgIpc) is 3.06. The van der Waals surface area contributed by atoms with Gasteiger partial charge < -0.3 is 15.5 Å². The van der Waals surface area contributed by atoms with Crippen molar-refractivity contribution in [3.63, 3.8) is 0 Å². The van der Waals surface area contributed by atoms with Gasteiger partial charge in [-0.05, 0) is 39.7 Å². The lowest BCUT2D eigenvalue weighted by atomic mass is 10.0. The number of hydrogen-bond donors (Lipinski definition) is 2. The van der Waals surface area contributed by atoms with E-state index >= 15 is 0 Å². The van der Waals surface area contributed by atoms with Crippen LogP contribution in [0.25, 0.3) is 0 Å². The first-order valence-electron chi connectivity index (χ1n) is 9.55. The van der Waals surface area contributed by atoms with Crippen molar-refractivity contribution in [2.45, 2.75) is 71.0 Å². The first kappa shape index (κ1) is 19.0. The van der Waals surface area contributed by atoms with Gasteiger partial charge in [-0.3, -0.25) is 14.7 Å². The van der Waals surface area contributed by atoms with Gasteiger partial charge in [-0.25, -0.2) is 0 Å². The van der Waals surface area contributed by atoms with Crippen molar-refractivity contribution in [3.05, 3.63) is 0 Å². The van der Waals surface area contributed by atoms with Crippen molar-refractivity contribution >= 4 is 11.9 Å². The first-order valence-corrected chi connectivity index (χ1v) is 9.55. The molecule has 2 heterocycles. The second-order valence-electron chi connectivity index (χ2n) is 7.21. The second kappa shape index (κ2) is 9.25. The zero-order chi connectivity index (χ0) is 17.5. The fourth-order valence-corrected chi connectivity index (χ4v) is 3.85. The van der Waals surface area contributed by atoms with Crippen LogP contribution in [0.15, 0.2) is 4.99 Å². The van der Waals surface area contributed by atoms with Crippen molar-refractivity contribution in [1.29, 1.82) is 0 Å². The summed E-state index contributed by atoms with van der Waals surface area (Å²) in [6.07, 6.45) is 5.55. The van der Waals surface area contributed by atoms with Crippen LogP contribution in [0.4, 0.5) is 0 Å². The zero-order valence-corrected chi connectivity index (χ0v) is 15.8. The van der Waals surface area contributed by atoms with Crippen LogP contribution in [0, 0.1) is 0 Å². The van der Waals surface area contributed by atoms with Gasteiger partial charge in [0.05, 0.1) is 0 Å². The quantitative estimate of drug-likeness (QED) is 0.588. The summed E-state index contributed by atoms with van der Waals surface area (Å²) in [5.74, 6) is 1.09. The predicted octanol–water partition coefficient (Wildman–Crippen LogP) is 1.43. The van der Waals surface area contributed by atoms with Crippen molar-refractivity contribution in [2.75, 3.05) is 33.2 Å². The molecule has 0 aliphatic carbocycles. The Labute approximate surface area is 147 Å². The molecule has 24 heavy (non-hydrogen) atoms. The molecule has 2 rings (SSSR count). The molecule has 2 aliphatic heterocycles. The molecule has 0 aromatic rings. The molecule has 0 aromatic carbocycles. The average molecular weight is 338 g/mol. The van der Waals surface area contributed by atoms with Crippen LogP contribution in [0.3, 0.4) is 0 Å². The molecular formula is C18H35N5O. The third kappa shape index (κ3) is 5.10. The van der Waals surface area contributed by atoms with E-state index in [0.29, 0.717) is 24.5 Å². The van der Waals surface area contributed by atoms with Crippen molar-refractivity contribution in [3.8, 4) is 0 Å². The van der Waals surface area contributed by atoms with Gasteiger partial charge in [0.1, 0.15) is 0 Å². The molecule has 3 atom stereocenters. The lowest BCUT2D eigenvalue weighted by Crippen LogP contribution is -2.51. The molecule has 0 aromatic heterocycles. The number of hydrogen-bond acceptors (Lipinski definition) is 3. The molecule has 1 amide bonds. The maximum Gasteiger partial charge on any atom is 0.222 e. The smallest absolute Gasteiger partial charge is 0.222 e. The Morgan fingerprint density at radius 1 is 1.29 bits per heavy atom. The predicted molar refractivity (Wildman–Crippen MR) is 99.3 cm³/mol. The number of aliphatic imine (C=N–C) groups is 1. The molecule has 2 N–H and O–H groups in total.